The summed E-state index contributed by atoms with van der Waals surface area (Å²) in [6.45, 7) is 1.42. The zero-order valence-corrected chi connectivity index (χ0v) is 12.8. The van der Waals surface area contributed by atoms with Gasteiger partial charge in [0.15, 0.2) is 0 Å². The molecule has 2 heterocycles. The summed E-state index contributed by atoms with van der Waals surface area (Å²) in [5, 5.41) is 1.01. The number of nitrogens with one attached hydrogen (secondary N) is 1. The maximum atomic E-state index is 12.0. The van der Waals surface area contributed by atoms with Crippen molar-refractivity contribution in [2.75, 3.05) is 27.2 Å². The molecule has 1 N–H and O–H groups in total. The highest BCUT2D eigenvalue weighted by molar-refractivity contribution is 5.98. The van der Waals surface area contributed by atoms with Gasteiger partial charge in [0.1, 0.15) is 5.69 Å². The number of carbonyl (C=O) groups is 2. The van der Waals surface area contributed by atoms with Gasteiger partial charge in [-0.2, -0.15) is 0 Å². The lowest BCUT2D eigenvalue weighted by molar-refractivity contribution is -0.117. The van der Waals surface area contributed by atoms with Crippen molar-refractivity contribution in [3.63, 3.8) is 0 Å². The number of hydrogen-bond donors (Lipinski definition) is 1. The minimum Gasteiger partial charge on any atom is -0.351 e. The first-order valence-electron chi connectivity index (χ1n) is 7.31. The Labute approximate surface area is 129 Å². The molecule has 2 aromatic rings. The first-order chi connectivity index (χ1) is 10.6. The van der Waals surface area contributed by atoms with Gasteiger partial charge < -0.3 is 14.8 Å². The Morgan fingerprint density at radius 3 is 2.86 bits per heavy atom. The van der Waals surface area contributed by atoms with Gasteiger partial charge in [-0.15, -0.1) is 0 Å². The molecule has 1 aromatic heterocycles. The fourth-order valence-electron chi connectivity index (χ4n) is 2.75. The molecule has 2 amide bonds. The van der Waals surface area contributed by atoms with E-state index in [0.29, 0.717) is 12.2 Å². The molecular formula is C17H19N3O2. The fourth-order valence-corrected chi connectivity index (χ4v) is 2.75. The van der Waals surface area contributed by atoms with E-state index in [1.165, 1.54) is 0 Å². The number of aromatic nitrogens is 1. The van der Waals surface area contributed by atoms with Crippen LogP contribution >= 0.6 is 0 Å². The predicted molar refractivity (Wildman–Crippen MR) is 86.5 cm³/mol. The number of hydrogen-bond acceptors (Lipinski definition) is 2. The number of H-pyrrole nitrogens is 1. The Morgan fingerprint density at radius 1 is 1.32 bits per heavy atom. The first-order valence-corrected chi connectivity index (χ1v) is 7.31. The third-order valence-electron chi connectivity index (χ3n) is 3.96. The van der Waals surface area contributed by atoms with Crippen LogP contribution in [0.1, 0.15) is 22.5 Å². The molecule has 1 aliphatic heterocycles. The predicted octanol–water partition coefficient (Wildman–Crippen LogP) is 2.12. The third kappa shape index (κ3) is 2.62. The molecule has 0 aliphatic carbocycles. The van der Waals surface area contributed by atoms with Crippen molar-refractivity contribution in [1.82, 2.24) is 14.8 Å². The van der Waals surface area contributed by atoms with Gasteiger partial charge in [0.25, 0.3) is 5.91 Å². The summed E-state index contributed by atoms with van der Waals surface area (Å²) in [4.78, 5) is 29.5. The maximum Gasteiger partial charge on any atom is 0.269 e. The van der Waals surface area contributed by atoms with E-state index in [4.69, 9.17) is 0 Å². The number of amides is 2. The Hall–Kier alpha value is -2.56. The average molecular weight is 297 g/mol. The van der Waals surface area contributed by atoms with Gasteiger partial charge in [0.05, 0.1) is 0 Å². The van der Waals surface area contributed by atoms with Gasteiger partial charge in [-0.3, -0.25) is 9.59 Å². The molecule has 114 valence electrons. The van der Waals surface area contributed by atoms with Gasteiger partial charge in [-0.1, -0.05) is 18.2 Å². The summed E-state index contributed by atoms with van der Waals surface area (Å²) in [5.74, 6) is -0.0400. The molecule has 0 atom stereocenters. The lowest BCUT2D eigenvalue weighted by Crippen LogP contribution is -2.27. The van der Waals surface area contributed by atoms with E-state index in [2.05, 4.69) is 11.1 Å². The fraction of sp³-hybridized carbons (Fsp3) is 0.294. The van der Waals surface area contributed by atoms with Crippen molar-refractivity contribution in [2.24, 2.45) is 0 Å². The number of carbonyl (C=O) groups excluding carboxylic acids is 2. The van der Waals surface area contributed by atoms with Gasteiger partial charge >= 0.3 is 0 Å². The second-order valence-electron chi connectivity index (χ2n) is 5.78. The standard InChI is InChI=1S/C17H19N3O2/c1-19(2)17(22)16-9-13-6-5-12(8-15(13)18-16)14-4-3-7-20(10-14)11-21/h4-6,8-9,11,18H,3,7,10H2,1-2H3. The highest BCUT2D eigenvalue weighted by atomic mass is 16.2. The molecule has 0 saturated carbocycles. The highest BCUT2D eigenvalue weighted by Gasteiger charge is 2.15. The van der Waals surface area contributed by atoms with E-state index in [-0.39, 0.29) is 5.91 Å². The van der Waals surface area contributed by atoms with Crippen molar-refractivity contribution in [1.29, 1.82) is 0 Å². The second kappa shape index (κ2) is 5.67. The molecule has 0 spiro atoms. The van der Waals surface area contributed by atoms with Crippen LogP contribution in [-0.4, -0.2) is 54.3 Å². The van der Waals surface area contributed by atoms with E-state index < -0.39 is 0 Å². The minimum absolute atomic E-state index is 0.0400. The lowest BCUT2D eigenvalue weighted by atomic mass is 10.0. The lowest BCUT2D eigenvalue weighted by Gasteiger charge is -2.23. The van der Waals surface area contributed by atoms with E-state index in [0.717, 1.165) is 41.4 Å². The van der Waals surface area contributed by atoms with E-state index in [1.54, 1.807) is 23.9 Å². The van der Waals surface area contributed by atoms with Crippen molar-refractivity contribution >= 4 is 28.8 Å². The molecule has 1 aliphatic rings. The molecule has 5 heteroatoms. The monoisotopic (exact) mass is 297 g/mol. The van der Waals surface area contributed by atoms with Crippen LogP contribution < -0.4 is 0 Å². The van der Waals surface area contributed by atoms with E-state index >= 15 is 0 Å². The first kappa shape index (κ1) is 14.4. The number of benzene rings is 1. The Kier molecular flexibility index (Phi) is 3.71. The Morgan fingerprint density at radius 2 is 2.14 bits per heavy atom. The van der Waals surface area contributed by atoms with Gasteiger partial charge in [-0.05, 0) is 29.7 Å². The molecule has 0 saturated heterocycles. The minimum atomic E-state index is -0.0400. The molecule has 3 rings (SSSR count). The van der Waals surface area contributed by atoms with Crippen LogP contribution in [0, 0.1) is 0 Å². The van der Waals surface area contributed by atoms with Crippen LogP contribution in [0.5, 0.6) is 0 Å². The molecular weight excluding hydrogens is 278 g/mol. The summed E-state index contributed by atoms with van der Waals surface area (Å²) in [7, 11) is 3.47. The van der Waals surface area contributed by atoms with Crippen LogP contribution in [0.25, 0.3) is 16.5 Å². The van der Waals surface area contributed by atoms with E-state index in [1.807, 2.05) is 24.3 Å². The third-order valence-corrected chi connectivity index (χ3v) is 3.96. The van der Waals surface area contributed by atoms with E-state index in [9.17, 15) is 9.59 Å². The number of aromatic amines is 1. The second-order valence-corrected chi connectivity index (χ2v) is 5.78. The summed E-state index contributed by atoms with van der Waals surface area (Å²) in [6, 6.07) is 7.96. The zero-order valence-electron chi connectivity index (χ0n) is 12.8. The largest absolute Gasteiger partial charge is 0.351 e. The SMILES string of the molecule is CN(C)C(=O)c1cc2ccc(C3=CCCN(C=O)C3)cc2[nH]1. The molecule has 1 aromatic carbocycles. The number of rotatable bonds is 3. The summed E-state index contributed by atoms with van der Waals surface area (Å²) in [6.07, 6.45) is 3.95. The van der Waals surface area contributed by atoms with Gasteiger partial charge in [-0.25, -0.2) is 0 Å². The topological polar surface area (TPSA) is 56.4 Å². The molecule has 0 unspecified atom stereocenters. The average Bonchev–Trinajstić information content (AvgIpc) is 2.97. The van der Waals surface area contributed by atoms with Crippen LogP contribution in [0.2, 0.25) is 0 Å². The highest BCUT2D eigenvalue weighted by Crippen LogP contribution is 2.25. The van der Waals surface area contributed by atoms with Crippen molar-refractivity contribution < 1.29 is 9.59 Å². The van der Waals surface area contributed by atoms with Gasteiger partial charge in [0, 0.05) is 38.1 Å². The Balaban J connectivity index is 1.94. The Bertz CT molecular complexity index is 758. The molecule has 0 radical (unpaired) electrons. The van der Waals surface area contributed by atoms with Crippen molar-refractivity contribution in [3.05, 3.63) is 41.6 Å². The van der Waals surface area contributed by atoms with Crippen molar-refractivity contribution in [3.8, 4) is 0 Å². The van der Waals surface area contributed by atoms with Crippen LogP contribution in [-0.2, 0) is 4.79 Å². The summed E-state index contributed by atoms with van der Waals surface area (Å²) in [5.41, 5.74) is 3.76. The van der Waals surface area contributed by atoms with Gasteiger partial charge in [0.2, 0.25) is 6.41 Å². The van der Waals surface area contributed by atoms with Crippen LogP contribution in [0.15, 0.2) is 30.3 Å². The molecule has 0 bridgehead atoms. The summed E-state index contributed by atoms with van der Waals surface area (Å²) >= 11 is 0. The molecule has 5 nitrogen and oxygen atoms in total. The zero-order chi connectivity index (χ0) is 15.7. The van der Waals surface area contributed by atoms with Crippen molar-refractivity contribution in [2.45, 2.75) is 6.42 Å². The van der Waals surface area contributed by atoms with Crippen LogP contribution in [0.3, 0.4) is 0 Å². The number of nitrogens with zero attached hydrogens (tertiary/aromatic N) is 2. The summed E-state index contributed by atoms with van der Waals surface area (Å²) < 4.78 is 0. The normalized spacial score (nSPS) is 14.8. The smallest absolute Gasteiger partial charge is 0.269 e. The molecule has 22 heavy (non-hydrogen) atoms. The molecule has 0 fully saturated rings. The maximum absolute atomic E-state index is 12.0. The number of fused-ring (bicyclic) bond motifs is 1. The van der Waals surface area contributed by atoms with Crippen LogP contribution in [0.4, 0.5) is 0 Å². The quantitative estimate of drug-likeness (QED) is 0.882.